The predicted molar refractivity (Wildman–Crippen MR) is 59.7 cm³/mol. The molecule has 0 fully saturated rings. The number of nitrogens with two attached hydrogens (primary N) is 1. The quantitative estimate of drug-likeness (QED) is 0.874. The zero-order valence-corrected chi connectivity index (χ0v) is 9.84. The van der Waals surface area contributed by atoms with Crippen molar-refractivity contribution >= 4 is 15.9 Å². The molecule has 0 amide bonds. The van der Waals surface area contributed by atoms with Gasteiger partial charge in [0, 0.05) is 16.1 Å². The molecule has 78 valence electrons. The lowest BCUT2D eigenvalue weighted by atomic mass is 10.1. The summed E-state index contributed by atoms with van der Waals surface area (Å²) in [5, 5.41) is 9.76. The van der Waals surface area contributed by atoms with Gasteiger partial charge in [0.1, 0.15) is 0 Å². The van der Waals surface area contributed by atoms with Gasteiger partial charge in [-0.25, -0.2) is 0 Å². The number of halogens is 1. The van der Waals surface area contributed by atoms with Gasteiger partial charge in [0.05, 0.1) is 7.11 Å². The molecule has 0 radical (unpaired) electrons. The molecule has 0 heterocycles. The fourth-order valence-corrected chi connectivity index (χ4v) is 1.77. The smallest absolute Gasteiger partial charge is 0.161 e. The lowest BCUT2D eigenvalue weighted by molar-refractivity contribution is 0.369. The highest BCUT2D eigenvalue weighted by molar-refractivity contribution is 9.10. The molecule has 3 N–H and O–H groups in total. The summed E-state index contributed by atoms with van der Waals surface area (Å²) in [6.07, 6.45) is 0.627. The monoisotopic (exact) mass is 259 g/mol. The van der Waals surface area contributed by atoms with Crippen molar-refractivity contribution in [1.82, 2.24) is 0 Å². The molecule has 0 aliphatic rings. The van der Waals surface area contributed by atoms with Gasteiger partial charge in [-0.05, 0) is 25.5 Å². The summed E-state index contributed by atoms with van der Waals surface area (Å²) in [4.78, 5) is 0. The van der Waals surface area contributed by atoms with Crippen molar-refractivity contribution in [2.45, 2.75) is 19.4 Å². The average molecular weight is 260 g/mol. The molecule has 0 saturated carbocycles. The van der Waals surface area contributed by atoms with Gasteiger partial charge in [-0.1, -0.05) is 15.9 Å². The van der Waals surface area contributed by atoms with Gasteiger partial charge >= 0.3 is 0 Å². The van der Waals surface area contributed by atoms with Crippen LogP contribution in [0.3, 0.4) is 0 Å². The maximum Gasteiger partial charge on any atom is 0.161 e. The summed E-state index contributed by atoms with van der Waals surface area (Å²) in [5.41, 5.74) is 6.47. The Labute approximate surface area is 92.0 Å². The van der Waals surface area contributed by atoms with Crippen molar-refractivity contribution < 1.29 is 9.84 Å². The van der Waals surface area contributed by atoms with Crippen LogP contribution in [-0.4, -0.2) is 18.3 Å². The van der Waals surface area contributed by atoms with E-state index in [-0.39, 0.29) is 11.8 Å². The van der Waals surface area contributed by atoms with E-state index in [1.54, 1.807) is 6.07 Å². The Morgan fingerprint density at radius 1 is 1.57 bits per heavy atom. The third kappa shape index (κ3) is 2.62. The number of methoxy groups -OCH3 is 1. The minimum Gasteiger partial charge on any atom is -0.504 e. The molecule has 1 rings (SSSR count). The lowest BCUT2D eigenvalue weighted by Crippen LogP contribution is -2.17. The van der Waals surface area contributed by atoms with E-state index in [4.69, 9.17) is 10.5 Å². The molecule has 0 aliphatic heterocycles. The van der Waals surface area contributed by atoms with Crippen LogP contribution in [0.1, 0.15) is 12.5 Å². The van der Waals surface area contributed by atoms with Gasteiger partial charge in [-0.2, -0.15) is 0 Å². The molecule has 0 bridgehead atoms. The Balaban J connectivity index is 3.08. The first-order valence-corrected chi connectivity index (χ1v) is 5.15. The molecule has 14 heavy (non-hydrogen) atoms. The molecule has 0 unspecified atom stereocenters. The normalized spacial score (nSPS) is 12.6. The highest BCUT2D eigenvalue weighted by atomic mass is 79.9. The summed E-state index contributed by atoms with van der Waals surface area (Å²) in [6.45, 7) is 1.90. The molecule has 0 saturated heterocycles. The van der Waals surface area contributed by atoms with Crippen LogP contribution in [0.2, 0.25) is 0 Å². The van der Waals surface area contributed by atoms with Crippen LogP contribution in [0, 0.1) is 0 Å². The van der Waals surface area contributed by atoms with Gasteiger partial charge in [0.2, 0.25) is 0 Å². The highest BCUT2D eigenvalue weighted by Gasteiger charge is 2.10. The molecule has 0 aromatic heterocycles. The number of hydrogen-bond acceptors (Lipinski definition) is 3. The van der Waals surface area contributed by atoms with Crippen molar-refractivity contribution in [3.05, 3.63) is 22.2 Å². The van der Waals surface area contributed by atoms with Crippen LogP contribution >= 0.6 is 15.9 Å². The first-order chi connectivity index (χ1) is 6.54. The molecular weight excluding hydrogens is 246 g/mol. The van der Waals surface area contributed by atoms with Crippen LogP contribution < -0.4 is 10.5 Å². The van der Waals surface area contributed by atoms with E-state index in [0.717, 1.165) is 10.0 Å². The number of phenolic OH excluding ortho intramolecular Hbond substituents is 1. The van der Waals surface area contributed by atoms with E-state index < -0.39 is 0 Å². The molecule has 0 aliphatic carbocycles. The van der Waals surface area contributed by atoms with E-state index >= 15 is 0 Å². The molecule has 4 heteroatoms. The summed E-state index contributed by atoms with van der Waals surface area (Å²) in [6, 6.07) is 3.58. The second-order valence-electron chi connectivity index (χ2n) is 3.30. The van der Waals surface area contributed by atoms with Gasteiger partial charge in [-0.15, -0.1) is 0 Å². The van der Waals surface area contributed by atoms with Gasteiger partial charge in [0.15, 0.2) is 11.5 Å². The minimum atomic E-state index is 0.0138. The maximum atomic E-state index is 9.76. The lowest BCUT2D eigenvalue weighted by Gasteiger charge is -2.11. The zero-order valence-electron chi connectivity index (χ0n) is 8.25. The average Bonchev–Trinajstić information content (AvgIpc) is 2.09. The predicted octanol–water partition coefficient (Wildman–Crippen LogP) is 2.05. The van der Waals surface area contributed by atoms with E-state index in [1.165, 1.54) is 7.11 Å². The fourth-order valence-electron chi connectivity index (χ4n) is 1.29. The van der Waals surface area contributed by atoms with E-state index in [1.807, 2.05) is 13.0 Å². The standard InChI is InChI=1S/C10H14BrNO2/c1-6(12)3-7-4-8(11)5-9(14-2)10(7)13/h4-6,13H,3,12H2,1-2H3/t6-/m1/s1. The van der Waals surface area contributed by atoms with Crippen molar-refractivity contribution in [3.8, 4) is 11.5 Å². The van der Waals surface area contributed by atoms with Gasteiger partial charge in [0.25, 0.3) is 0 Å². The molecule has 1 aromatic rings. The SMILES string of the molecule is COc1cc(Br)cc(C[C@@H](C)N)c1O. The fraction of sp³-hybridized carbons (Fsp3) is 0.400. The molecule has 0 spiro atoms. The Morgan fingerprint density at radius 3 is 2.71 bits per heavy atom. The number of rotatable bonds is 3. The minimum absolute atomic E-state index is 0.0138. The second kappa shape index (κ2) is 4.66. The summed E-state index contributed by atoms with van der Waals surface area (Å²) < 4.78 is 5.90. The van der Waals surface area contributed by atoms with E-state index in [0.29, 0.717) is 12.2 Å². The number of hydrogen-bond donors (Lipinski definition) is 2. The van der Waals surface area contributed by atoms with E-state index in [2.05, 4.69) is 15.9 Å². The number of aromatic hydroxyl groups is 1. The van der Waals surface area contributed by atoms with Crippen LogP contribution in [0.4, 0.5) is 0 Å². The van der Waals surface area contributed by atoms with Crippen molar-refractivity contribution in [2.75, 3.05) is 7.11 Å². The number of benzene rings is 1. The van der Waals surface area contributed by atoms with Crippen LogP contribution in [0.15, 0.2) is 16.6 Å². The third-order valence-electron chi connectivity index (χ3n) is 1.88. The first kappa shape index (κ1) is 11.3. The Hall–Kier alpha value is -0.740. The highest BCUT2D eigenvalue weighted by Crippen LogP contribution is 2.33. The number of phenols is 1. The number of ether oxygens (including phenoxy) is 1. The van der Waals surface area contributed by atoms with Crippen molar-refractivity contribution in [2.24, 2.45) is 5.73 Å². The van der Waals surface area contributed by atoms with Gasteiger partial charge in [-0.3, -0.25) is 0 Å². The molecular formula is C10H14BrNO2. The zero-order chi connectivity index (χ0) is 10.7. The second-order valence-corrected chi connectivity index (χ2v) is 4.21. The Bertz CT molecular complexity index is 326. The first-order valence-electron chi connectivity index (χ1n) is 4.35. The summed E-state index contributed by atoms with van der Waals surface area (Å²) >= 11 is 3.35. The Kier molecular flexibility index (Phi) is 3.77. The molecule has 1 aromatic carbocycles. The van der Waals surface area contributed by atoms with Gasteiger partial charge < -0.3 is 15.6 Å². The van der Waals surface area contributed by atoms with Crippen LogP contribution in [-0.2, 0) is 6.42 Å². The van der Waals surface area contributed by atoms with Crippen molar-refractivity contribution in [1.29, 1.82) is 0 Å². The maximum absolute atomic E-state index is 9.76. The molecule has 3 nitrogen and oxygen atoms in total. The van der Waals surface area contributed by atoms with Crippen LogP contribution in [0.25, 0.3) is 0 Å². The van der Waals surface area contributed by atoms with E-state index in [9.17, 15) is 5.11 Å². The third-order valence-corrected chi connectivity index (χ3v) is 2.34. The summed E-state index contributed by atoms with van der Waals surface area (Å²) in [5.74, 6) is 0.642. The topological polar surface area (TPSA) is 55.5 Å². The molecule has 1 atom stereocenters. The largest absolute Gasteiger partial charge is 0.504 e. The van der Waals surface area contributed by atoms with Crippen molar-refractivity contribution in [3.63, 3.8) is 0 Å². The summed E-state index contributed by atoms with van der Waals surface area (Å²) in [7, 11) is 1.52. The van der Waals surface area contributed by atoms with Crippen LogP contribution in [0.5, 0.6) is 11.5 Å². The Morgan fingerprint density at radius 2 is 2.21 bits per heavy atom.